The van der Waals surface area contributed by atoms with Gasteiger partial charge < -0.3 is 4.98 Å². The maximum Gasteiger partial charge on any atom is 0.130 e. The van der Waals surface area contributed by atoms with Crippen molar-refractivity contribution >= 4 is 12.2 Å². The number of hydrogen-bond acceptors (Lipinski definition) is 2. The van der Waals surface area contributed by atoms with Crippen molar-refractivity contribution in [3.05, 3.63) is 45.4 Å². The summed E-state index contributed by atoms with van der Waals surface area (Å²) in [5.74, 6) is 0.975. The number of aromatic nitrogens is 2. The molecule has 19 heavy (non-hydrogen) atoms. The first-order chi connectivity index (χ1) is 9.01. The second-order valence-electron chi connectivity index (χ2n) is 5.08. The SMILES string of the molecule is CCCc1nc(=S)cc(-c2cc(C)c(C)cc2C)[nH]1. The van der Waals surface area contributed by atoms with Crippen molar-refractivity contribution in [3.63, 3.8) is 0 Å². The molecule has 0 unspecified atom stereocenters. The second-order valence-corrected chi connectivity index (χ2v) is 5.50. The highest BCUT2D eigenvalue weighted by Crippen LogP contribution is 2.25. The number of rotatable bonds is 3. The molecule has 0 fully saturated rings. The van der Waals surface area contributed by atoms with Gasteiger partial charge in [-0.05, 0) is 56.0 Å². The van der Waals surface area contributed by atoms with Gasteiger partial charge in [0.25, 0.3) is 0 Å². The Morgan fingerprint density at radius 2 is 1.74 bits per heavy atom. The van der Waals surface area contributed by atoms with E-state index >= 15 is 0 Å². The minimum Gasteiger partial charge on any atom is -0.343 e. The lowest BCUT2D eigenvalue weighted by Crippen LogP contribution is -1.98. The Kier molecular flexibility index (Phi) is 4.15. The molecule has 2 rings (SSSR count). The maximum atomic E-state index is 5.27. The zero-order valence-corrected chi connectivity index (χ0v) is 12.8. The van der Waals surface area contributed by atoms with Crippen molar-refractivity contribution < 1.29 is 0 Å². The molecule has 0 radical (unpaired) electrons. The summed E-state index contributed by atoms with van der Waals surface area (Å²) in [4.78, 5) is 7.79. The van der Waals surface area contributed by atoms with Crippen molar-refractivity contribution in [1.82, 2.24) is 9.97 Å². The Morgan fingerprint density at radius 1 is 1.05 bits per heavy atom. The molecule has 2 nitrogen and oxygen atoms in total. The fourth-order valence-corrected chi connectivity index (χ4v) is 2.49. The van der Waals surface area contributed by atoms with E-state index in [1.807, 2.05) is 6.07 Å². The quantitative estimate of drug-likeness (QED) is 0.822. The number of nitrogens with zero attached hydrogens (tertiary/aromatic N) is 1. The Morgan fingerprint density at radius 3 is 2.42 bits per heavy atom. The van der Waals surface area contributed by atoms with Crippen LogP contribution < -0.4 is 0 Å². The minimum absolute atomic E-state index is 0.662. The molecule has 2 aromatic rings. The van der Waals surface area contributed by atoms with Crippen LogP contribution in [-0.4, -0.2) is 9.97 Å². The van der Waals surface area contributed by atoms with Crippen LogP contribution in [-0.2, 0) is 6.42 Å². The molecule has 0 spiro atoms. The molecule has 0 aliphatic carbocycles. The van der Waals surface area contributed by atoms with Crippen LogP contribution in [0.4, 0.5) is 0 Å². The van der Waals surface area contributed by atoms with Gasteiger partial charge in [-0.3, -0.25) is 0 Å². The molecule has 1 aromatic heterocycles. The van der Waals surface area contributed by atoms with E-state index in [-0.39, 0.29) is 0 Å². The number of benzene rings is 1. The zero-order chi connectivity index (χ0) is 14.0. The van der Waals surface area contributed by atoms with Gasteiger partial charge in [0.1, 0.15) is 10.5 Å². The van der Waals surface area contributed by atoms with Crippen LogP contribution >= 0.6 is 12.2 Å². The van der Waals surface area contributed by atoms with Gasteiger partial charge >= 0.3 is 0 Å². The Hall–Kier alpha value is -1.48. The molecule has 0 atom stereocenters. The molecule has 0 bridgehead atoms. The highest BCUT2D eigenvalue weighted by molar-refractivity contribution is 7.71. The number of H-pyrrole nitrogens is 1. The summed E-state index contributed by atoms with van der Waals surface area (Å²) in [7, 11) is 0. The van der Waals surface area contributed by atoms with Crippen molar-refractivity contribution in [2.24, 2.45) is 0 Å². The lowest BCUT2D eigenvalue weighted by molar-refractivity contribution is 0.833. The number of hydrogen-bond donors (Lipinski definition) is 1. The van der Waals surface area contributed by atoms with Crippen molar-refractivity contribution in [2.75, 3.05) is 0 Å². The van der Waals surface area contributed by atoms with Crippen molar-refractivity contribution in [1.29, 1.82) is 0 Å². The molecular formula is C16H20N2S. The lowest BCUT2D eigenvalue weighted by Gasteiger charge is -2.11. The molecule has 3 heteroatoms. The van der Waals surface area contributed by atoms with E-state index in [4.69, 9.17) is 12.2 Å². The fraction of sp³-hybridized carbons (Fsp3) is 0.375. The standard InChI is InChI=1S/C16H20N2S/c1-5-6-15-17-14(9-16(19)18-15)13-8-11(3)10(2)7-12(13)4/h7-9H,5-6H2,1-4H3,(H,17,18,19). The fourth-order valence-electron chi connectivity index (χ4n) is 2.26. The van der Waals surface area contributed by atoms with E-state index in [0.717, 1.165) is 24.4 Å². The van der Waals surface area contributed by atoms with Crippen LogP contribution in [0.15, 0.2) is 18.2 Å². The molecule has 0 saturated carbocycles. The smallest absolute Gasteiger partial charge is 0.130 e. The highest BCUT2D eigenvalue weighted by Gasteiger charge is 2.07. The van der Waals surface area contributed by atoms with Gasteiger partial charge in [0.05, 0.1) is 0 Å². The van der Waals surface area contributed by atoms with Gasteiger partial charge in [0.2, 0.25) is 0 Å². The molecule has 0 saturated heterocycles. The molecule has 1 heterocycles. The van der Waals surface area contributed by atoms with Crippen molar-refractivity contribution in [3.8, 4) is 11.3 Å². The van der Waals surface area contributed by atoms with Crippen molar-refractivity contribution in [2.45, 2.75) is 40.5 Å². The monoisotopic (exact) mass is 272 g/mol. The Labute approximate surface area is 119 Å². The van der Waals surface area contributed by atoms with Crippen LogP contribution in [0.5, 0.6) is 0 Å². The van der Waals surface area contributed by atoms with E-state index in [1.165, 1.54) is 22.3 Å². The average Bonchev–Trinajstić information content (AvgIpc) is 2.33. The molecule has 0 aliphatic heterocycles. The molecular weight excluding hydrogens is 252 g/mol. The van der Waals surface area contributed by atoms with Crippen LogP contribution in [0.1, 0.15) is 35.9 Å². The summed E-state index contributed by atoms with van der Waals surface area (Å²) in [5.41, 5.74) is 6.18. The number of aromatic amines is 1. The summed E-state index contributed by atoms with van der Waals surface area (Å²) >= 11 is 5.27. The molecule has 100 valence electrons. The molecule has 0 aliphatic rings. The molecule has 0 amide bonds. The minimum atomic E-state index is 0.662. The summed E-state index contributed by atoms with van der Waals surface area (Å²) in [6.45, 7) is 8.57. The number of aryl methyl sites for hydroxylation is 4. The lowest BCUT2D eigenvalue weighted by atomic mass is 9.98. The third kappa shape index (κ3) is 3.10. The first-order valence-corrected chi connectivity index (χ1v) is 7.10. The first-order valence-electron chi connectivity index (χ1n) is 6.69. The van der Waals surface area contributed by atoms with E-state index in [2.05, 4.69) is 49.8 Å². The zero-order valence-electron chi connectivity index (χ0n) is 12.0. The van der Waals surface area contributed by atoms with E-state index in [0.29, 0.717) is 4.64 Å². The van der Waals surface area contributed by atoms with Crippen LogP contribution in [0.2, 0.25) is 0 Å². The van der Waals surface area contributed by atoms with E-state index in [1.54, 1.807) is 0 Å². The number of nitrogens with one attached hydrogen (secondary N) is 1. The van der Waals surface area contributed by atoms with Gasteiger partial charge in [-0.15, -0.1) is 0 Å². The predicted molar refractivity (Wildman–Crippen MR) is 83.1 cm³/mol. The summed E-state index contributed by atoms with van der Waals surface area (Å²) in [6.07, 6.45) is 2.00. The van der Waals surface area contributed by atoms with Gasteiger partial charge in [0.15, 0.2) is 0 Å². The van der Waals surface area contributed by atoms with Gasteiger partial charge in [-0.2, -0.15) is 0 Å². The van der Waals surface area contributed by atoms with Crippen LogP contribution in [0.3, 0.4) is 0 Å². The first kappa shape index (κ1) is 13.9. The Bertz CT molecular complexity index is 656. The highest BCUT2D eigenvalue weighted by atomic mass is 32.1. The Balaban J connectivity index is 2.58. The van der Waals surface area contributed by atoms with Crippen LogP contribution in [0, 0.1) is 25.4 Å². The summed E-state index contributed by atoms with van der Waals surface area (Å²) in [5, 5.41) is 0. The molecule has 1 N–H and O–H groups in total. The summed E-state index contributed by atoms with van der Waals surface area (Å²) in [6, 6.07) is 6.40. The second kappa shape index (κ2) is 5.66. The summed E-state index contributed by atoms with van der Waals surface area (Å²) < 4.78 is 0.662. The average molecular weight is 272 g/mol. The normalized spacial score (nSPS) is 10.7. The topological polar surface area (TPSA) is 28.7 Å². The predicted octanol–water partition coefficient (Wildman–Crippen LogP) is 4.68. The van der Waals surface area contributed by atoms with Crippen LogP contribution in [0.25, 0.3) is 11.3 Å². The molecule has 1 aromatic carbocycles. The largest absolute Gasteiger partial charge is 0.343 e. The maximum absolute atomic E-state index is 5.27. The third-order valence-electron chi connectivity index (χ3n) is 3.41. The van der Waals surface area contributed by atoms with Gasteiger partial charge in [0, 0.05) is 17.7 Å². The van der Waals surface area contributed by atoms with Gasteiger partial charge in [-0.1, -0.05) is 25.2 Å². The van der Waals surface area contributed by atoms with E-state index in [9.17, 15) is 0 Å². The van der Waals surface area contributed by atoms with Gasteiger partial charge in [-0.25, -0.2) is 4.98 Å². The third-order valence-corrected chi connectivity index (χ3v) is 3.62. The van der Waals surface area contributed by atoms with E-state index < -0.39 is 0 Å².